The number of hydrogen-bond donors (Lipinski definition) is 1. The molecule has 0 aliphatic rings. The van der Waals surface area contributed by atoms with E-state index in [0.717, 1.165) is 6.26 Å². The van der Waals surface area contributed by atoms with E-state index in [1.54, 1.807) is 6.92 Å². The molecule has 0 aliphatic heterocycles. The number of ether oxygens (including phenoxy) is 1. The fraction of sp³-hybridized carbons (Fsp3) is 0.333. The highest BCUT2D eigenvalue weighted by Crippen LogP contribution is 1.89. The van der Waals surface area contributed by atoms with Gasteiger partial charge in [0.15, 0.2) is 6.29 Å². The van der Waals surface area contributed by atoms with Crippen LogP contribution in [-0.2, 0) is 14.3 Å². The predicted octanol–water partition coefficient (Wildman–Crippen LogP) is 0.190. The number of carbonyl (C=O) groups is 2. The molecule has 0 aromatic rings. The van der Waals surface area contributed by atoms with E-state index in [0.29, 0.717) is 6.61 Å². The Morgan fingerprint density at radius 3 is 2.60 bits per heavy atom. The van der Waals surface area contributed by atoms with Crippen LogP contribution in [0.4, 0.5) is 0 Å². The van der Waals surface area contributed by atoms with Crippen LogP contribution in [0, 0.1) is 0 Å². The summed E-state index contributed by atoms with van der Waals surface area (Å²) in [6.45, 7) is 2.05. The van der Waals surface area contributed by atoms with E-state index in [-0.39, 0.29) is 11.9 Å². The van der Waals surface area contributed by atoms with Crippen molar-refractivity contribution in [3.05, 3.63) is 11.8 Å². The lowest BCUT2D eigenvalue weighted by Crippen LogP contribution is -2.02. The van der Waals surface area contributed by atoms with Crippen molar-refractivity contribution in [1.29, 1.82) is 0 Å². The van der Waals surface area contributed by atoms with Gasteiger partial charge in [-0.2, -0.15) is 0 Å². The van der Waals surface area contributed by atoms with Crippen LogP contribution >= 0.6 is 0 Å². The Kier molecular flexibility index (Phi) is 3.95. The lowest BCUT2D eigenvalue weighted by Gasteiger charge is -1.93. The first-order valence-electron chi connectivity index (χ1n) is 2.72. The summed E-state index contributed by atoms with van der Waals surface area (Å²) in [7, 11) is 0. The molecule has 0 rings (SSSR count). The minimum Gasteiger partial charge on any atom is -0.500 e. The molecule has 4 heteroatoms. The third kappa shape index (κ3) is 2.86. The first-order chi connectivity index (χ1) is 4.72. The molecule has 0 saturated carbocycles. The van der Waals surface area contributed by atoms with Crippen molar-refractivity contribution < 1.29 is 19.4 Å². The van der Waals surface area contributed by atoms with Crippen molar-refractivity contribution in [3.8, 4) is 0 Å². The standard InChI is InChI=1S/C6H8O4/c1-2-10-4-5(3-7)6(8)9/h3-4H,2H2,1H3,(H,8,9). The van der Waals surface area contributed by atoms with Gasteiger partial charge in [0.1, 0.15) is 11.8 Å². The number of carboxylic acid groups (broad SMARTS) is 1. The Hall–Kier alpha value is -1.32. The summed E-state index contributed by atoms with van der Waals surface area (Å²) in [5.41, 5.74) is -0.373. The van der Waals surface area contributed by atoms with Gasteiger partial charge in [0.2, 0.25) is 0 Å². The topological polar surface area (TPSA) is 63.6 Å². The van der Waals surface area contributed by atoms with E-state index < -0.39 is 5.97 Å². The van der Waals surface area contributed by atoms with Crippen LogP contribution in [-0.4, -0.2) is 24.0 Å². The summed E-state index contributed by atoms with van der Waals surface area (Å²) in [5, 5.41) is 8.22. The van der Waals surface area contributed by atoms with Crippen molar-refractivity contribution in [3.63, 3.8) is 0 Å². The van der Waals surface area contributed by atoms with Crippen LogP contribution in [0.25, 0.3) is 0 Å². The number of carbonyl (C=O) groups excluding carboxylic acids is 1. The first kappa shape index (κ1) is 8.68. The van der Waals surface area contributed by atoms with E-state index in [9.17, 15) is 9.59 Å². The maximum absolute atomic E-state index is 10.1. The Morgan fingerprint density at radius 1 is 1.70 bits per heavy atom. The van der Waals surface area contributed by atoms with Crippen LogP contribution in [0.2, 0.25) is 0 Å². The molecule has 0 radical (unpaired) electrons. The van der Waals surface area contributed by atoms with Crippen molar-refractivity contribution in [2.75, 3.05) is 6.61 Å². The summed E-state index contributed by atoms with van der Waals surface area (Å²) in [4.78, 5) is 20.0. The molecule has 0 aromatic heterocycles. The van der Waals surface area contributed by atoms with E-state index in [1.807, 2.05) is 0 Å². The molecule has 0 spiro atoms. The molecule has 1 N–H and O–H groups in total. The van der Waals surface area contributed by atoms with Crippen molar-refractivity contribution >= 4 is 12.3 Å². The highest BCUT2D eigenvalue weighted by atomic mass is 16.5. The quantitative estimate of drug-likeness (QED) is 0.201. The fourth-order valence-corrected chi connectivity index (χ4v) is 0.302. The van der Waals surface area contributed by atoms with Crippen LogP contribution in [0.1, 0.15) is 6.92 Å². The largest absolute Gasteiger partial charge is 0.500 e. The van der Waals surface area contributed by atoms with Crippen LogP contribution in [0.3, 0.4) is 0 Å². The molecule has 0 heterocycles. The van der Waals surface area contributed by atoms with Gasteiger partial charge in [-0.25, -0.2) is 4.79 Å². The summed E-state index contributed by atoms with van der Waals surface area (Å²) in [6.07, 6.45) is 1.16. The van der Waals surface area contributed by atoms with Gasteiger partial charge in [0.25, 0.3) is 0 Å². The van der Waals surface area contributed by atoms with Gasteiger partial charge >= 0.3 is 5.97 Å². The van der Waals surface area contributed by atoms with Crippen molar-refractivity contribution in [2.45, 2.75) is 6.92 Å². The number of rotatable bonds is 4. The van der Waals surface area contributed by atoms with Crippen molar-refractivity contribution in [1.82, 2.24) is 0 Å². The molecule has 0 amide bonds. The van der Waals surface area contributed by atoms with Gasteiger partial charge < -0.3 is 9.84 Å². The van der Waals surface area contributed by atoms with Crippen LogP contribution < -0.4 is 0 Å². The van der Waals surface area contributed by atoms with Gasteiger partial charge in [0, 0.05) is 0 Å². The molecule has 0 saturated heterocycles. The highest BCUT2D eigenvalue weighted by Gasteiger charge is 2.03. The molecule has 0 unspecified atom stereocenters. The minimum atomic E-state index is -1.27. The van der Waals surface area contributed by atoms with E-state index in [2.05, 4.69) is 4.74 Å². The third-order valence-corrected chi connectivity index (χ3v) is 0.751. The maximum Gasteiger partial charge on any atom is 0.342 e. The number of aliphatic carboxylic acids is 1. The number of carboxylic acids is 1. The summed E-state index contributed by atoms with van der Waals surface area (Å²) < 4.78 is 4.57. The maximum atomic E-state index is 10.1. The lowest BCUT2D eigenvalue weighted by molar-refractivity contribution is -0.133. The number of hydrogen-bond acceptors (Lipinski definition) is 3. The Labute approximate surface area is 58.1 Å². The molecule has 10 heavy (non-hydrogen) atoms. The van der Waals surface area contributed by atoms with E-state index in [4.69, 9.17) is 5.11 Å². The molecule has 0 fully saturated rings. The molecule has 56 valence electrons. The summed E-state index contributed by atoms with van der Waals surface area (Å²) in [6, 6.07) is 0. The Morgan fingerprint density at radius 2 is 2.30 bits per heavy atom. The third-order valence-electron chi connectivity index (χ3n) is 0.751. The van der Waals surface area contributed by atoms with Crippen molar-refractivity contribution in [2.24, 2.45) is 0 Å². The monoisotopic (exact) mass is 144 g/mol. The molecular weight excluding hydrogens is 136 g/mol. The zero-order valence-electron chi connectivity index (χ0n) is 5.53. The molecule has 0 atom stereocenters. The van der Waals surface area contributed by atoms with Gasteiger partial charge in [-0.3, -0.25) is 4.79 Å². The Balaban J connectivity index is 4.04. The van der Waals surface area contributed by atoms with Gasteiger partial charge in [-0.05, 0) is 6.92 Å². The summed E-state index contributed by atoms with van der Waals surface area (Å²) >= 11 is 0. The molecule has 0 bridgehead atoms. The normalized spacial score (nSPS) is 10.7. The van der Waals surface area contributed by atoms with Gasteiger partial charge in [-0.15, -0.1) is 0 Å². The van der Waals surface area contributed by atoms with Gasteiger partial charge in [-0.1, -0.05) is 0 Å². The second kappa shape index (κ2) is 4.55. The average Bonchev–Trinajstić information content (AvgIpc) is 1.89. The number of aldehydes is 1. The summed E-state index contributed by atoms with van der Waals surface area (Å²) in [5.74, 6) is -1.27. The first-order valence-corrected chi connectivity index (χ1v) is 2.72. The smallest absolute Gasteiger partial charge is 0.342 e. The van der Waals surface area contributed by atoms with E-state index >= 15 is 0 Å². The highest BCUT2D eigenvalue weighted by molar-refractivity contribution is 6.06. The molecule has 0 aromatic carbocycles. The predicted molar refractivity (Wildman–Crippen MR) is 33.4 cm³/mol. The molecule has 0 aliphatic carbocycles. The fourth-order valence-electron chi connectivity index (χ4n) is 0.302. The molecular formula is C6H8O4. The lowest BCUT2D eigenvalue weighted by atomic mass is 10.3. The Bertz CT molecular complexity index is 159. The van der Waals surface area contributed by atoms with Crippen LogP contribution in [0.15, 0.2) is 11.8 Å². The minimum absolute atomic E-state index is 0.234. The second-order valence-corrected chi connectivity index (χ2v) is 1.45. The average molecular weight is 144 g/mol. The second-order valence-electron chi connectivity index (χ2n) is 1.45. The van der Waals surface area contributed by atoms with Crippen LogP contribution in [0.5, 0.6) is 0 Å². The van der Waals surface area contributed by atoms with Gasteiger partial charge in [0.05, 0.1) is 6.61 Å². The SMILES string of the molecule is CCOC=C(C=O)C(=O)O. The zero-order valence-corrected chi connectivity index (χ0v) is 5.53. The zero-order chi connectivity index (χ0) is 7.98. The van der Waals surface area contributed by atoms with E-state index in [1.165, 1.54) is 0 Å². The molecule has 4 nitrogen and oxygen atoms in total.